The van der Waals surface area contributed by atoms with Gasteiger partial charge in [-0.05, 0) is 36.6 Å². The van der Waals surface area contributed by atoms with Crippen molar-refractivity contribution in [3.8, 4) is 0 Å². The van der Waals surface area contributed by atoms with Crippen LogP contribution >= 0.6 is 11.8 Å². The Morgan fingerprint density at radius 1 is 1.38 bits per heavy atom. The highest BCUT2D eigenvalue weighted by Gasteiger charge is 2.44. The molecular weight excluding hydrogens is 282 g/mol. The molecule has 1 spiro atoms. The summed E-state index contributed by atoms with van der Waals surface area (Å²) >= 11 is 1.96. The lowest BCUT2D eigenvalue weighted by atomic mass is 9.81. The first-order valence-electron chi connectivity index (χ1n) is 7.86. The Labute approximate surface area is 129 Å². The lowest BCUT2D eigenvalue weighted by Crippen LogP contribution is -2.45. The topological polar surface area (TPSA) is 38.3 Å². The second kappa shape index (κ2) is 5.33. The Morgan fingerprint density at radius 2 is 2.29 bits per heavy atom. The van der Waals surface area contributed by atoms with E-state index in [0.717, 1.165) is 43.7 Å². The molecule has 3 nitrogen and oxygen atoms in total. The smallest absolute Gasteiger partial charge is 0.158 e. The Hall–Kier alpha value is -1.00. The van der Waals surface area contributed by atoms with Crippen LogP contribution in [0.2, 0.25) is 0 Å². The van der Waals surface area contributed by atoms with Gasteiger partial charge in [0.15, 0.2) is 5.78 Å². The number of carbonyl (C=O) groups excluding carboxylic acids is 1. The third-order valence-electron chi connectivity index (χ3n) is 5.08. The van der Waals surface area contributed by atoms with Crippen LogP contribution in [-0.4, -0.2) is 35.5 Å². The Morgan fingerprint density at radius 3 is 3.10 bits per heavy atom. The van der Waals surface area contributed by atoms with Crippen LogP contribution < -0.4 is 5.32 Å². The largest absolute Gasteiger partial charge is 0.375 e. The van der Waals surface area contributed by atoms with Gasteiger partial charge >= 0.3 is 0 Å². The molecule has 2 saturated heterocycles. The van der Waals surface area contributed by atoms with Crippen molar-refractivity contribution < 1.29 is 9.53 Å². The minimum absolute atomic E-state index is 0.00526. The number of hydrogen-bond acceptors (Lipinski definition) is 4. The fourth-order valence-electron chi connectivity index (χ4n) is 3.89. The maximum absolute atomic E-state index is 12.9. The lowest BCUT2D eigenvalue weighted by Gasteiger charge is -2.37. The lowest BCUT2D eigenvalue weighted by molar-refractivity contribution is -0.134. The van der Waals surface area contributed by atoms with Crippen molar-refractivity contribution in [2.24, 2.45) is 5.92 Å². The summed E-state index contributed by atoms with van der Waals surface area (Å²) < 4.78 is 6.04. The summed E-state index contributed by atoms with van der Waals surface area (Å²) in [4.78, 5) is 12.9. The van der Waals surface area contributed by atoms with Gasteiger partial charge in [0.1, 0.15) is 0 Å². The van der Waals surface area contributed by atoms with Crippen molar-refractivity contribution in [3.63, 3.8) is 0 Å². The third-order valence-corrected chi connectivity index (χ3v) is 6.30. The molecule has 112 valence electrons. The van der Waals surface area contributed by atoms with Crippen LogP contribution in [0.25, 0.3) is 0 Å². The minimum atomic E-state index is -0.0309. The van der Waals surface area contributed by atoms with Gasteiger partial charge in [0.25, 0.3) is 0 Å². The first kappa shape index (κ1) is 13.6. The van der Waals surface area contributed by atoms with Gasteiger partial charge < -0.3 is 10.1 Å². The number of carbonyl (C=O) groups is 1. The highest BCUT2D eigenvalue weighted by atomic mass is 32.2. The van der Waals surface area contributed by atoms with E-state index in [9.17, 15) is 4.79 Å². The van der Waals surface area contributed by atoms with Crippen LogP contribution in [0.1, 0.15) is 24.8 Å². The summed E-state index contributed by atoms with van der Waals surface area (Å²) in [5, 5.41) is 3.41. The number of rotatable bonds is 2. The van der Waals surface area contributed by atoms with E-state index in [-0.39, 0.29) is 17.6 Å². The predicted octanol–water partition coefficient (Wildman–Crippen LogP) is 2.89. The summed E-state index contributed by atoms with van der Waals surface area (Å²) in [6, 6.07) is 8.23. The fourth-order valence-corrected chi connectivity index (χ4v) is 5.27. The van der Waals surface area contributed by atoms with E-state index in [2.05, 4.69) is 17.4 Å². The van der Waals surface area contributed by atoms with Gasteiger partial charge in [0, 0.05) is 30.4 Å². The van der Waals surface area contributed by atoms with Crippen molar-refractivity contribution in [2.75, 3.05) is 23.4 Å². The quantitative estimate of drug-likeness (QED) is 0.912. The second-order valence-electron chi connectivity index (χ2n) is 6.48. The van der Waals surface area contributed by atoms with E-state index in [1.807, 2.05) is 23.9 Å². The van der Waals surface area contributed by atoms with Crippen molar-refractivity contribution >= 4 is 23.2 Å². The van der Waals surface area contributed by atoms with Crippen LogP contribution in [-0.2, 0) is 16.0 Å². The van der Waals surface area contributed by atoms with E-state index in [4.69, 9.17) is 4.74 Å². The summed E-state index contributed by atoms with van der Waals surface area (Å²) in [6.07, 6.45) is 3.76. The molecule has 4 rings (SSSR count). The molecule has 0 radical (unpaired) electrons. The molecule has 0 aromatic heterocycles. The molecule has 3 heterocycles. The van der Waals surface area contributed by atoms with Crippen LogP contribution in [0.5, 0.6) is 0 Å². The van der Waals surface area contributed by atoms with Crippen molar-refractivity contribution in [2.45, 2.75) is 37.3 Å². The van der Waals surface area contributed by atoms with Gasteiger partial charge in [0.2, 0.25) is 0 Å². The number of para-hydroxylation sites is 1. The molecule has 0 aliphatic carbocycles. The molecule has 0 amide bonds. The fraction of sp³-hybridized carbons (Fsp3) is 0.588. The molecule has 3 unspecified atom stereocenters. The van der Waals surface area contributed by atoms with E-state index >= 15 is 0 Å². The maximum atomic E-state index is 12.9. The molecule has 21 heavy (non-hydrogen) atoms. The molecule has 3 aliphatic heterocycles. The van der Waals surface area contributed by atoms with Crippen molar-refractivity contribution in [3.05, 3.63) is 29.8 Å². The SMILES string of the molecule is O=C(C1CCOC2(CCSC2)C1)C1Cc2ccccc2N1. The van der Waals surface area contributed by atoms with E-state index in [1.165, 1.54) is 11.3 Å². The minimum Gasteiger partial charge on any atom is -0.375 e. The summed E-state index contributed by atoms with van der Waals surface area (Å²) in [6.45, 7) is 0.747. The van der Waals surface area contributed by atoms with E-state index in [1.54, 1.807) is 0 Å². The number of thioether (sulfide) groups is 1. The van der Waals surface area contributed by atoms with Gasteiger partial charge in [0.05, 0.1) is 11.6 Å². The number of hydrogen-bond donors (Lipinski definition) is 1. The van der Waals surface area contributed by atoms with Crippen LogP contribution in [0.3, 0.4) is 0 Å². The van der Waals surface area contributed by atoms with E-state index < -0.39 is 0 Å². The molecule has 1 aromatic rings. The van der Waals surface area contributed by atoms with Gasteiger partial charge in [-0.3, -0.25) is 4.79 Å². The predicted molar refractivity (Wildman–Crippen MR) is 85.9 cm³/mol. The molecule has 4 heteroatoms. The number of anilines is 1. The van der Waals surface area contributed by atoms with Crippen LogP contribution in [0.4, 0.5) is 5.69 Å². The zero-order chi connectivity index (χ0) is 14.3. The first-order valence-corrected chi connectivity index (χ1v) is 9.01. The molecule has 2 fully saturated rings. The molecule has 0 bridgehead atoms. The molecule has 3 atom stereocenters. The maximum Gasteiger partial charge on any atom is 0.158 e. The van der Waals surface area contributed by atoms with Gasteiger partial charge in [-0.2, -0.15) is 11.8 Å². The Balaban J connectivity index is 1.46. The van der Waals surface area contributed by atoms with Gasteiger partial charge in [-0.1, -0.05) is 18.2 Å². The second-order valence-corrected chi connectivity index (χ2v) is 7.59. The first-order chi connectivity index (χ1) is 10.3. The monoisotopic (exact) mass is 303 g/mol. The van der Waals surface area contributed by atoms with Gasteiger partial charge in [-0.15, -0.1) is 0 Å². The molecule has 1 aromatic carbocycles. The Bertz CT molecular complexity index is 528. The highest BCUT2D eigenvalue weighted by Crippen LogP contribution is 2.41. The summed E-state index contributed by atoms with van der Waals surface area (Å²) in [7, 11) is 0. The standard InChI is InChI=1S/C17H21NO2S/c19-16(15-9-12-3-1-2-4-14(12)18-15)13-5-7-20-17(10-13)6-8-21-11-17/h1-4,13,15,18H,5-11H2. The van der Waals surface area contributed by atoms with Crippen LogP contribution in [0, 0.1) is 5.92 Å². The van der Waals surface area contributed by atoms with Gasteiger partial charge in [-0.25, -0.2) is 0 Å². The molecule has 1 N–H and O–H groups in total. The van der Waals surface area contributed by atoms with Crippen molar-refractivity contribution in [1.29, 1.82) is 0 Å². The molecule has 0 saturated carbocycles. The van der Waals surface area contributed by atoms with E-state index in [0.29, 0.717) is 5.78 Å². The average Bonchev–Trinajstić information content (AvgIpc) is 3.13. The molecule has 3 aliphatic rings. The average molecular weight is 303 g/mol. The number of fused-ring (bicyclic) bond motifs is 1. The number of ketones is 1. The summed E-state index contributed by atoms with van der Waals surface area (Å²) in [5.74, 6) is 2.80. The normalized spacial score (nSPS) is 34.7. The zero-order valence-electron chi connectivity index (χ0n) is 12.1. The Kier molecular flexibility index (Phi) is 3.46. The summed E-state index contributed by atoms with van der Waals surface area (Å²) in [5.41, 5.74) is 2.40. The number of ether oxygens (including phenoxy) is 1. The third kappa shape index (κ3) is 2.49. The number of benzene rings is 1. The van der Waals surface area contributed by atoms with Crippen molar-refractivity contribution in [1.82, 2.24) is 0 Å². The number of nitrogens with one attached hydrogen (secondary N) is 1. The zero-order valence-corrected chi connectivity index (χ0v) is 13.0. The highest BCUT2D eigenvalue weighted by molar-refractivity contribution is 7.99. The number of Topliss-reactive ketones (excluding diaryl/α,β-unsaturated/α-hetero) is 1. The van der Waals surface area contributed by atoms with Crippen LogP contribution in [0.15, 0.2) is 24.3 Å². The molecular formula is C17H21NO2S.